The Balaban J connectivity index is 1.42. The number of imidazole rings is 1. The zero-order chi connectivity index (χ0) is 20.6. The van der Waals surface area contributed by atoms with E-state index in [1.54, 1.807) is 18.3 Å². The summed E-state index contributed by atoms with van der Waals surface area (Å²) in [6, 6.07) is 7.17. The van der Waals surface area contributed by atoms with Crippen molar-refractivity contribution in [2.75, 3.05) is 33.4 Å². The number of carbonyl (C=O) groups is 2. The molecule has 0 aliphatic carbocycles. The van der Waals surface area contributed by atoms with Gasteiger partial charge in [-0.15, -0.1) is 0 Å². The highest BCUT2D eigenvalue weighted by Gasteiger charge is 2.23. The summed E-state index contributed by atoms with van der Waals surface area (Å²) in [5, 5.41) is 2.91. The number of ether oxygens (including phenoxy) is 2. The molecule has 3 rings (SSSR count). The Morgan fingerprint density at radius 1 is 1.21 bits per heavy atom. The average molecular weight is 400 g/mol. The van der Waals surface area contributed by atoms with Crippen LogP contribution >= 0.6 is 0 Å². The van der Waals surface area contributed by atoms with Crippen molar-refractivity contribution in [1.29, 1.82) is 0 Å². The van der Waals surface area contributed by atoms with Gasteiger partial charge in [-0.1, -0.05) is 0 Å². The number of nitrogens with zero attached hydrogens (tertiary/aromatic N) is 3. The molecule has 1 N–H and O–H groups in total. The van der Waals surface area contributed by atoms with Crippen LogP contribution in [0.1, 0.15) is 29.0 Å². The maximum Gasteiger partial charge on any atom is 0.251 e. The number of piperidine rings is 1. The zero-order valence-corrected chi connectivity index (χ0v) is 17.0. The molecule has 0 unspecified atom stereocenters. The van der Waals surface area contributed by atoms with E-state index in [9.17, 15) is 9.59 Å². The van der Waals surface area contributed by atoms with Gasteiger partial charge in [0, 0.05) is 64.1 Å². The molecular weight excluding hydrogens is 372 g/mol. The highest BCUT2D eigenvalue weighted by molar-refractivity contribution is 5.94. The number of aromatic nitrogens is 2. The van der Waals surface area contributed by atoms with E-state index in [1.165, 1.54) is 7.11 Å². The van der Waals surface area contributed by atoms with Crippen LogP contribution in [-0.4, -0.2) is 65.7 Å². The smallest absolute Gasteiger partial charge is 0.251 e. The van der Waals surface area contributed by atoms with E-state index in [-0.39, 0.29) is 24.5 Å². The Morgan fingerprint density at radius 3 is 2.55 bits per heavy atom. The highest BCUT2D eigenvalue weighted by Crippen LogP contribution is 2.20. The summed E-state index contributed by atoms with van der Waals surface area (Å²) in [6.07, 6.45) is 5.28. The fourth-order valence-electron chi connectivity index (χ4n) is 3.35. The molecule has 1 saturated heterocycles. The number of likely N-dealkylation sites (tertiary alicyclic amines) is 1. The third-order valence-corrected chi connectivity index (χ3v) is 5.04. The van der Waals surface area contributed by atoms with Gasteiger partial charge < -0.3 is 24.3 Å². The Morgan fingerprint density at radius 2 is 1.93 bits per heavy atom. The molecule has 1 aliphatic heterocycles. The normalized spacial score (nSPS) is 14.6. The molecular formula is C21H28N4O4. The second-order valence-corrected chi connectivity index (χ2v) is 7.08. The number of aryl methyl sites for hydroxylation is 1. The van der Waals surface area contributed by atoms with E-state index in [1.807, 2.05) is 34.7 Å². The van der Waals surface area contributed by atoms with Crippen molar-refractivity contribution in [3.63, 3.8) is 0 Å². The minimum absolute atomic E-state index is 0.0181. The molecule has 2 amide bonds. The van der Waals surface area contributed by atoms with E-state index in [0.29, 0.717) is 31.7 Å². The van der Waals surface area contributed by atoms with Crippen LogP contribution in [0.3, 0.4) is 0 Å². The minimum atomic E-state index is -0.112. The van der Waals surface area contributed by atoms with Crippen molar-refractivity contribution in [3.05, 3.63) is 48.0 Å². The molecule has 0 spiro atoms. The Bertz CT molecular complexity index is 810. The van der Waals surface area contributed by atoms with Gasteiger partial charge in [-0.3, -0.25) is 9.59 Å². The van der Waals surface area contributed by atoms with Crippen molar-refractivity contribution >= 4 is 11.8 Å². The number of benzene rings is 1. The number of hydrogen-bond donors (Lipinski definition) is 1. The van der Waals surface area contributed by atoms with Gasteiger partial charge in [-0.25, -0.2) is 4.98 Å². The van der Waals surface area contributed by atoms with E-state index in [0.717, 1.165) is 24.4 Å². The first-order valence-electron chi connectivity index (χ1n) is 9.86. The van der Waals surface area contributed by atoms with Gasteiger partial charge in [0.15, 0.2) is 0 Å². The summed E-state index contributed by atoms with van der Waals surface area (Å²) in [7, 11) is 1.53. The topological polar surface area (TPSA) is 85.7 Å². The molecule has 0 saturated carbocycles. The monoisotopic (exact) mass is 400 g/mol. The Kier molecular flexibility index (Phi) is 7.24. The van der Waals surface area contributed by atoms with Crippen LogP contribution < -0.4 is 10.1 Å². The van der Waals surface area contributed by atoms with Crippen molar-refractivity contribution in [2.45, 2.75) is 32.4 Å². The van der Waals surface area contributed by atoms with Crippen LogP contribution in [0.2, 0.25) is 0 Å². The summed E-state index contributed by atoms with van der Waals surface area (Å²) in [6.45, 7) is 4.62. The van der Waals surface area contributed by atoms with Crippen LogP contribution in [0.25, 0.3) is 0 Å². The first-order chi connectivity index (χ1) is 14.1. The van der Waals surface area contributed by atoms with Crippen LogP contribution in [0.5, 0.6) is 5.75 Å². The first kappa shape index (κ1) is 20.9. The molecule has 1 aromatic carbocycles. The fraction of sp³-hybridized carbons (Fsp3) is 0.476. The molecule has 0 radical (unpaired) electrons. The summed E-state index contributed by atoms with van der Waals surface area (Å²) < 4.78 is 12.9. The lowest BCUT2D eigenvalue weighted by Gasteiger charge is -2.32. The second kappa shape index (κ2) is 10.1. The third-order valence-electron chi connectivity index (χ3n) is 5.04. The van der Waals surface area contributed by atoms with Crippen LogP contribution in [0, 0.1) is 6.92 Å². The van der Waals surface area contributed by atoms with Gasteiger partial charge in [0.1, 0.15) is 24.3 Å². The maximum atomic E-state index is 12.3. The van der Waals surface area contributed by atoms with Crippen molar-refractivity contribution in [2.24, 2.45) is 0 Å². The van der Waals surface area contributed by atoms with Crippen molar-refractivity contribution < 1.29 is 19.1 Å². The van der Waals surface area contributed by atoms with Gasteiger partial charge >= 0.3 is 0 Å². The number of methoxy groups -OCH3 is 1. The van der Waals surface area contributed by atoms with Gasteiger partial charge in [-0.2, -0.15) is 0 Å². The molecule has 156 valence electrons. The predicted molar refractivity (Wildman–Crippen MR) is 108 cm³/mol. The standard InChI is InChI=1S/C21H28N4O4/c1-16-22-9-13-24(16)14-10-23-21(27)17-3-5-18(6-4-17)29-19-7-11-25(12-8-19)20(26)15-28-2/h3-6,9,13,19H,7-8,10-12,14-15H2,1-2H3,(H,23,27). The van der Waals surface area contributed by atoms with Crippen LogP contribution in [0.4, 0.5) is 0 Å². The summed E-state index contributed by atoms with van der Waals surface area (Å²) in [4.78, 5) is 30.1. The van der Waals surface area contributed by atoms with Crippen molar-refractivity contribution in [3.8, 4) is 5.75 Å². The van der Waals surface area contributed by atoms with Crippen molar-refractivity contribution in [1.82, 2.24) is 19.8 Å². The Labute approximate surface area is 170 Å². The number of amides is 2. The number of hydrogen-bond acceptors (Lipinski definition) is 5. The maximum absolute atomic E-state index is 12.3. The van der Waals surface area contributed by atoms with E-state index >= 15 is 0 Å². The zero-order valence-electron chi connectivity index (χ0n) is 17.0. The average Bonchev–Trinajstić information content (AvgIpc) is 3.14. The molecule has 1 aromatic heterocycles. The van der Waals surface area contributed by atoms with Gasteiger partial charge in [0.25, 0.3) is 5.91 Å². The van der Waals surface area contributed by atoms with Crippen LogP contribution in [-0.2, 0) is 16.1 Å². The van der Waals surface area contributed by atoms with Gasteiger partial charge in [0.2, 0.25) is 5.91 Å². The third kappa shape index (κ3) is 5.80. The predicted octanol–water partition coefficient (Wildman–Crippen LogP) is 1.64. The number of nitrogens with one attached hydrogen (secondary N) is 1. The minimum Gasteiger partial charge on any atom is -0.490 e. The lowest BCUT2D eigenvalue weighted by Crippen LogP contribution is -2.43. The van der Waals surface area contributed by atoms with Gasteiger partial charge in [-0.05, 0) is 31.2 Å². The van der Waals surface area contributed by atoms with E-state index in [2.05, 4.69) is 10.3 Å². The molecule has 8 nitrogen and oxygen atoms in total. The van der Waals surface area contributed by atoms with Crippen LogP contribution in [0.15, 0.2) is 36.7 Å². The van der Waals surface area contributed by atoms with E-state index < -0.39 is 0 Å². The molecule has 0 bridgehead atoms. The first-order valence-corrected chi connectivity index (χ1v) is 9.86. The number of carbonyl (C=O) groups excluding carboxylic acids is 2. The fourth-order valence-corrected chi connectivity index (χ4v) is 3.35. The largest absolute Gasteiger partial charge is 0.490 e. The molecule has 2 heterocycles. The molecule has 2 aromatic rings. The molecule has 8 heteroatoms. The lowest BCUT2D eigenvalue weighted by molar-refractivity contribution is -0.136. The number of rotatable bonds is 8. The molecule has 0 atom stereocenters. The SMILES string of the molecule is COCC(=O)N1CCC(Oc2ccc(C(=O)NCCn3ccnc3C)cc2)CC1. The molecule has 1 fully saturated rings. The Hall–Kier alpha value is -2.87. The van der Waals surface area contributed by atoms with E-state index in [4.69, 9.17) is 9.47 Å². The highest BCUT2D eigenvalue weighted by atomic mass is 16.5. The summed E-state index contributed by atoms with van der Waals surface area (Å²) >= 11 is 0. The molecule has 1 aliphatic rings. The molecule has 29 heavy (non-hydrogen) atoms. The summed E-state index contributed by atoms with van der Waals surface area (Å²) in [5.74, 6) is 1.57. The quantitative estimate of drug-likeness (QED) is 0.728. The lowest BCUT2D eigenvalue weighted by atomic mass is 10.1. The summed E-state index contributed by atoms with van der Waals surface area (Å²) in [5.41, 5.74) is 0.597. The second-order valence-electron chi connectivity index (χ2n) is 7.08. The van der Waals surface area contributed by atoms with Gasteiger partial charge in [0.05, 0.1) is 0 Å².